The molecule has 9 heavy (non-hydrogen) atoms. The maximum absolute atomic E-state index is 5.69. The first kappa shape index (κ1) is 7.10. The van der Waals surface area contributed by atoms with Crippen LogP contribution < -0.4 is 0 Å². The Hall–Kier alpha value is -0.0151. The molecule has 0 saturated carbocycles. The van der Waals surface area contributed by atoms with E-state index in [1.807, 2.05) is 7.05 Å². The summed E-state index contributed by atoms with van der Waals surface area (Å²) in [6.45, 7) is 0.970. The summed E-state index contributed by atoms with van der Waals surface area (Å²) in [5.41, 5.74) is 0. The molecule has 0 aromatic rings. The number of hydrogen-bond donors (Lipinski definition) is 0. The van der Waals surface area contributed by atoms with E-state index in [0.717, 1.165) is 13.0 Å². The molecule has 50 valence electrons. The maximum Gasteiger partial charge on any atom is 0.0911 e. The van der Waals surface area contributed by atoms with Crippen LogP contribution in [0.5, 0.6) is 0 Å². The van der Waals surface area contributed by atoms with Crippen molar-refractivity contribution >= 4 is 7.85 Å². The van der Waals surface area contributed by atoms with Crippen molar-refractivity contribution in [3.63, 3.8) is 0 Å². The molecule has 0 aromatic heterocycles. The van der Waals surface area contributed by atoms with Gasteiger partial charge < -0.3 is 9.64 Å². The van der Waals surface area contributed by atoms with Crippen molar-refractivity contribution in [1.82, 2.24) is 4.90 Å². The van der Waals surface area contributed by atoms with E-state index >= 15 is 0 Å². The Morgan fingerprint density at radius 2 is 2.33 bits per heavy atom. The lowest BCUT2D eigenvalue weighted by Gasteiger charge is -2.12. The summed E-state index contributed by atoms with van der Waals surface area (Å²) in [5.74, 6) is 0.204. The molecule has 0 amide bonds. The quantitative estimate of drug-likeness (QED) is 0.451. The van der Waals surface area contributed by atoms with E-state index in [2.05, 4.69) is 4.90 Å². The molecular weight excluding hydrogens is 113 g/mol. The minimum atomic E-state index is 0.204. The highest BCUT2D eigenvalue weighted by Gasteiger charge is 2.24. The van der Waals surface area contributed by atoms with Crippen molar-refractivity contribution in [2.75, 3.05) is 20.7 Å². The highest BCUT2D eigenvalue weighted by molar-refractivity contribution is 6.11. The second-order valence-corrected chi connectivity index (χ2v) is 2.60. The fourth-order valence-corrected chi connectivity index (χ4v) is 1.15. The van der Waals surface area contributed by atoms with Gasteiger partial charge in [0.1, 0.15) is 0 Å². The summed E-state index contributed by atoms with van der Waals surface area (Å²) in [5, 5.41) is 0. The first-order valence-corrected chi connectivity index (χ1v) is 3.22. The summed E-state index contributed by atoms with van der Waals surface area (Å²) in [6.07, 6.45) is 1.32. The average Bonchev–Trinajstić information content (AvgIpc) is 2.13. The Bertz CT molecular complexity index is 89.1. The molecule has 0 aliphatic carbocycles. The number of likely N-dealkylation sites (N-methyl/N-ethyl adjacent to an activating group) is 1. The monoisotopic (exact) mass is 125 g/mol. The standard InChI is InChI=1S/C6H12BNO/c1-8-4-5(9-2)3-6(8)7/h5-6H,3-4H2,1-2H3. The molecule has 1 rings (SSSR count). The molecule has 2 nitrogen and oxygen atoms in total. The van der Waals surface area contributed by atoms with Gasteiger partial charge in [-0.1, -0.05) is 0 Å². The van der Waals surface area contributed by atoms with Gasteiger partial charge in [-0.2, -0.15) is 0 Å². The highest BCUT2D eigenvalue weighted by atomic mass is 16.5. The van der Waals surface area contributed by atoms with E-state index in [-0.39, 0.29) is 5.94 Å². The van der Waals surface area contributed by atoms with Crippen molar-refractivity contribution in [2.24, 2.45) is 0 Å². The summed E-state index contributed by atoms with van der Waals surface area (Å²) >= 11 is 0. The third kappa shape index (κ3) is 1.46. The predicted octanol–water partition coefficient (Wildman–Crippen LogP) is -0.169. The van der Waals surface area contributed by atoms with Crippen molar-refractivity contribution in [1.29, 1.82) is 0 Å². The van der Waals surface area contributed by atoms with Crippen molar-refractivity contribution in [3.05, 3.63) is 0 Å². The van der Waals surface area contributed by atoms with Crippen LogP contribution in [0.15, 0.2) is 0 Å². The highest BCUT2D eigenvalue weighted by Crippen LogP contribution is 2.14. The largest absolute Gasteiger partial charge is 0.380 e. The van der Waals surface area contributed by atoms with Gasteiger partial charge in [0.2, 0.25) is 0 Å². The van der Waals surface area contributed by atoms with Crippen LogP contribution in [-0.4, -0.2) is 45.5 Å². The smallest absolute Gasteiger partial charge is 0.0911 e. The maximum atomic E-state index is 5.69. The number of likely N-dealkylation sites (tertiary alicyclic amines) is 1. The number of ether oxygens (including phenoxy) is 1. The lowest BCUT2D eigenvalue weighted by Crippen LogP contribution is -2.25. The van der Waals surface area contributed by atoms with Gasteiger partial charge in [0.05, 0.1) is 14.0 Å². The van der Waals surface area contributed by atoms with E-state index in [0.29, 0.717) is 6.10 Å². The van der Waals surface area contributed by atoms with Crippen LogP contribution in [0.4, 0.5) is 0 Å². The first-order valence-electron chi connectivity index (χ1n) is 3.22. The number of hydrogen-bond acceptors (Lipinski definition) is 2. The van der Waals surface area contributed by atoms with Gasteiger partial charge in [0.25, 0.3) is 0 Å². The molecule has 0 N–H and O–H groups in total. The van der Waals surface area contributed by atoms with Gasteiger partial charge in [-0.3, -0.25) is 0 Å². The van der Waals surface area contributed by atoms with Crippen molar-refractivity contribution in [3.8, 4) is 0 Å². The number of nitrogens with zero attached hydrogens (tertiary/aromatic N) is 1. The number of rotatable bonds is 1. The van der Waals surface area contributed by atoms with Gasteiger partial charge in [0.15, 0.2) is 0 Å². The van der Waals surface area contributed by atoms with Crippen LogP contribution in [0.1, 0.15) is 6.42 Å². The fourth-order valence-electron chi connectivity index (χ4n) is 1.15. The van der Waals surface area contributed by atoms with Crippen LogP contribution in [0.2, 0.25) is 0 Å². The predicted molar refractivity (Wildman–Crippen MR) is 37.6 cm³/mol. The van der Waals surface area contributed by atoms with Gasteiger partial charge in [-0.25, -0.2) is 0 Å². The third-order valence-corrected chi connectivity index (χ3v) is 1.90. The van der Waals surface area contributed by atoms with Gasteiger partial charge >= 0.3 is 0 Å². The molecule has 1 saturated heterocycles. The van der Waals surface area contributed by atoms with E-state index < -0.39 is 0 Å². The van der Waals surface area contributed by atoms with Gasteiger partial charge in [-0.05, 0) is 19.4 Å². The lowest BCUT2D eigenvalue weighted by molar-refractivity contribution is 0.111. The molecule has 1 fully saturated rings. The SMILES string of the molecule is [B]C1CC(OC)CN1C. The summed E-state index contributed by atoms with van der Waals surface area (Å²) in [6, 6.07) is 0. The molecule has 2 unspecified atom stereocenters. The normalized spacial score (nSPS) is 37.6. The van der Waals surface area contributed by atoms with Crippen LogP contribution in [0, 0.1) is 0 Å². The van der Waals surface area contributed by atoms with Crippen molar-refractivity contribution < 1.29 is 4.74 Å². The van der Waals surface area contributed by atoms with Crippen LogP contribution >= 0.6 is 0 Å². The zero-order valence-corrected chi connectivity index (χ0v) is 6.00. The topological polar surface area (TPSA) is 12.5 Å². The minimum Gasteiger partial charge on any atom is -0.380 e. The Labute approximate surface area is 57.6 Å². The third-order valence-electron chi connectivity index (χ3n) is 1.90. The summed E-state index contributed by atoms with van der Waals surface area (Å²) in [4.78, 5) is 2.11. The summed E-state index contributed by atoms with van der Waals surface area (Å²) in [7, 11) is 9.44. The molecule has 0 bridgehead atoms. The van der Waals surface area contributed by atoms with E-state index in [9.17, 15) is 0 Å². The Balaban J connectivity index is 2.35. The Morgan fingerprint density at radius 3 is 2.56 bits per heavy atom. The Morgan fingerprint density at radius 1 is 1.67 bits per heavy atom. The van der Waals surface area contributed by atoms with Gasteiger partial charge in [0, 0.05) is 13.7 Å². The lowest BCUT2D eigenvalue weighted by atomic mass is 9.94. The van der Waals surface area contributed by atoms with Gasteiger partial charge in [-0.15, -0.1) is 0 Å². The molecular formula is C6H12BNO. The summed E-state index contributed by atoms with van der Waals surface area (Å²) < 4.78 is 5.13. The zero-order valence-electron chi connectivity index (χ0n) is 6.00. The first-order chi connectivity index (χ1) is 4.24. The zero-order chi connectivity index (χ0) is 6.85. The molecule has 0 spiro atoms. The van der Waals surface area contributed by atoms with Crippen molar-refractivity contribution in [2.45, 2.75) is 18.5 Å². The minimum absolute atomic E-state index is 0.204. The number of methoxy groups -OCH3 is 1. The second kappa shape index (κ2) is 2.71. The molecule has 1 heterocycles. The molecule has 3 heteroatoms. The van der Waals surface area contributed by atoms with E-state index in [4.69, 9.17) is 12.6 Å². The Kier molecular flexibility index (Phi) is 2.14. The fraction of sp³-hybridized carbons (Fsp3) is 1.00. The second-order valence-electron chi connectivity index (χ2n) is 2.60. The molecule has 1 aliphatic rings. The van der Waals surface area contributed by atoms with Crippen LogP contribution in [-0.2, 0) is 4.74 Å². The molecule has 1 aliphatic heterocycles. The van der Waals surface area contributed by atoms with Crippen LogP contribution in [0.25, 0.3) is 0 Å². The van der Waals surface area contributed by atoms with E-state index in [1.165, 1.54) is 0 Å². The molecule has 0 aromatic carbocycles. The van der Waals surface area contributed by atoms with E-state index in [1.54, 1.807) is 7.11 Å². The van der Waals surface area contributed by atoms with Crippen LogP contribution in [0.3, 0.4) is 0 Å². The average molecular weight is 125 g/mol. The molecule has 2 radical (unpaired) electrons. The molecule has 2 atom stereocenters.